The zero-order valence-corrected chi connectivity index (χ0v) is 25.8. The normalized spacial score (nSPS) is 31.7. The van der Waals surface area contributed by atoms with E-state index in [1.165, 1.54) is 32.2 Å². The quantitative estimate of drug-likeness (QED) is 0.100. The number of fused-ring (bicyclic) bond motifs is 2. The first kappa shape index (κ1) is 31.7. The Bertz CT molecular complexity index is 2090. The van der Waals surface area contributed by atoms with Gasteiger partial charge in [0.1, 0.15) is 53.0 Å². The van der Waals surface area contributed by atoms with Gasteiger partial charge in [0, 0.05) is 23.3 Å². The molecule has 0 saturated carbocycles. The smallest absolute Gasteiger partial charge is 0.348 e. The SMILES string of the molecule is CCc1cc2oc(=O)c3c(O)c4cccc(O[C@@H]5O[C@H](C)[C@H](O)[C@H](O)[C@H]5O[C@H]5O[C@H](C)[C@H](O)[C@H](OC)[C@H]5O)c4c4oc(=O)c(c1)c2c34. The number of benzene rings is 3. The van der Waals surface area contributed by atoms with Gasteiger partial charge in [0.2, 0.25) is 6.29 Å². The first-order valence-electron chi connectivity index (χ1n) is 15.3. The third kappa shape index (κ3) is 4.86. The summed E-state index contributed by atoms with van der Waals surface area (Å²) in [5, 5.41) is 55.2. The molecule has 2 saturated heterocycles. The van der Waals surface area contributed by atoms with Crippen molar-refractivity contribution in [2.24, 2.45) is 0 Å². The fourth-order valence-electron chi connectivity index (χ4n) is 6.68. The van der Waals surface area contributed by atoms with Gasteiger partial charge in [0.05, 0.1) is 23.0 Å². The first-order valence-corrected chi connectivity index (χ1v) is 15.3. The number of aromatic hydroxyl groups is 1. The molecule has 47 heavy (non-hydrogen) atoms. The van der Waals surface area contributed by atoms with Crippen LogP contribution in [0.3, 0.4) is 0 Å². The molecule has 2 fully saturated rings. The van der Waals surface area contributed by atoms with Crippen LogP contribution in [0.5, 0.6) is 11.5 Å². The number of phenols is 1. The van der Waals surface area contributed by atoms with Crippen molar-refractivity contribution >= 4 is 43.5 Å². The molecule has 2 aliphatic rings. The highest BCUT2D eigenvalue weighted by atomic mass is 16.8. The number of ether oxygens (including phenoxy) is 5. The van der Waals surface area contributed by atoms with E-state index in [0.29, 0.717) is 11.8 Å². The molecular weight excluding hydrogens is 620 g/mol. The van der Waals surface area contributed by atoms with Crippen LogP contribution >= 0.6 is 0 Å². The highest BCUT2D eigenvalue weighted by molar-refractivity contribution is 6.28. The zero-order valence-electron chi connectivity index (χ0n) is 25.8. The Balaban J connectivity index is 1.38. The number of rotatable bonds is 6. The predicted octanol–water partition coefficient (Wildman–Crippen LogP) is 1.62. The maximum absolute atomic E-state index is 13.4. The molecule has 2 aliphatic heterocycles. The first-order chi connectivity index (χ1) is 22.4. The highest BCUT2D eigenvalue weighted by Gasteiger charge is 2.50. The second-order valence-electron chi connectivity index (χ2n) is 12.1. The molecule has 250 valence electrons. The lowest BCUT2D eigenvalue weighted by atomic mass is 9.96. The molecule has 14 heteroatoms. The van der Waals surface area contributed by atoms with E-state index >= 15 is 0 Å². The van der Waals surface area contributed by atoms with E-state index in [4.69, 9.17) is 32.5 Å². The Labute approximate surface area is 265 Å². The zero-order chi connectivity index (χ0) is 33.5. The van der Waals surface area contributed by atoms with E-state index in [-0.39, 0.29) is 43.8 Å². The fraction of sp³-hybridized carbons (Fsp3) is 0.455. The molecule has 4 heterocycles. The maximum atomic E-state index is 13.4. The van der Waals surface area contributed by atoms with E-state index in [1.807, 2.05) is 6.92 Å². The fourth-order valence-corrected chi connectivity index (χ4v) is 6.68. The van der Waals surface area contributed by atoms with Gasteiger partial charge in [0.15, 0.2) is 18.0 Å². The van der Waals surface area contributed by atoms with Gasteiger partial charge >= 0.3 is 11.3 Å². The van der Waals surface area contributed by atoms with Gasteiger partial charge in [-0.3, -0.25) is 0 Å². The standard InChI is InChI=1S/C33H34O14/c1-5-13-9-15-18-17(10-13)44-31(40)21-20(18)27(46-30(15)39)19-14(24(21)36)7-6-8-16(19)45-33-29(25(37)22(34)11(2)43-33)47-32-26(38)28(41-4)23(35)12(3)42-32/h6-12,22-23,25-26,28-29,32-38H,5H2,1-4H3/t11-,12-,22+,23+,25+,26-,28+,29-,32-,33+/m1/s1. The predicted molar refractivity (Wildman–Crippen MR) is 165 cm³/mol. The van der Waals surface area contributed by atoms with E-state index in [9.17, 15) is 35.1 Å². The monoisotopic (exact) mass is 654 g/mol. The Morgan fingerprint density at radius 2 is 1.49 bits per heavy atom. The molecular formula is C33H34O14. The van der Waals surface area contributed by atoms with E-state index in [0.717, 1.165) is 5.56 Å². The minimum Gasteiger partial charge on any atom is -0.506 e. The Hall–Kier alpha value is -3.86. The summed E-state index contributed by atoms with van der Waals surface area (Å²) in [5.41, 5.74) is -0.688. The molecule has 3 aromatic carbocycles. The van der Waals surface area contributed by atoms with Crippen LogP contribution in [-0.2, 0) is 25.4 Å². The number of hydrogen-bond acceptors (Lipinski definition) is 14. The lowest BCUT2D eigenvalue weighted by Crippen LogP contribution is -2.64. The van der Waals surface area contributed by atoms with Gasteiger partial charge in [-0.05, 0) is 44.0 Å². The summed E-state index contributed by atoms with van der Waals surface area (Å²) in [6.45, 7) is 4.95. The summed E-state index contributed by atoms with van der Waals surface area (Å²) < 4.78 is 40.6. The van der Waals surface area contributed by atoms with Gasteiger partial charge in [-0.25, -0.2) is 9.59 Å². The van der Waals surface area contributed by atoms with Crippen molar-refractivity contribution in [1.29, 1.82) is 0 Å². The van der Waals surface area contributed by atoms with E-state index < -0.39 is 78.4 Å². The lowest BCUT2D eigenvalue weighted by Gasteiger charge is -2.46. The number of aliphatic hydroxyl groups excluding tert-OH is 4. The molecule has 0 radical (unpaired) electrons. The number of aryl methyl sites for hydroxylation is 1. The number of aliphatic hydroxyl groups is 4. The molecule has 7 rings (SSSR count). The molecule has 2 aromatic heterocycles. The van der Waals surface area contributed by atoms with E-state index in [2.05, 4.69) is 0 Å². The van der Waals surface area contributed by atoms with Crippen LogP contribution in [-0.4, -0.2) is 94.1 Å². The van der Waals surface area contributed by atoms with Crippen LogP contribution in [0, 0.1) is 0 Å². The molecule has 0 bridgehead atoms. The highest BCUT2D eigenvalue weighted by Crippen LogP contribution is 2.45. The van der Waals surface area contributed by atoms with Crippen molar-refractivity contribution in [3.63, 3.8) is 0 Å². The summed E-state index contributed by atoms with van der Waals surface area (Å²) in [4.78, 5) is 26.6. The molecule has 0 unspecified atom stereocenters. The largest absolute Gasteiger partial charge is 0.506 e. The van der Waals surface area contributed by atoms with Gasteiger partial charge in [-0.2, -0.15) is 0 Å². The lowest BCUT2D eigenvalue weighted by molar-refractivity contribution is -0.353. The van der Waals surface area contributed by atoms with Crippen molar-refractivity contribution in [2.75, 3.05) is 7.11 Å². The second-order valence-corrected chi connectivity index (χ2v) is 12.1. The van der Waals surface area contributed by atoms with Crippen LogP contribution in [0.25, 0.3) is 43.5 Å². The van der Waals surface area contributed by atoms with Crippen molar-refractivity contribution in [3.8, 4) is 11.5 Å². The van der Waals surface area contributed by atoms with Gasteiger partial charge < -0.3 is 58.1 Å². The molecule has 14 nitrogen and oxygen atoms in total. The van der Waals surface area contributed by atoms with Crippen molar-refractivity contribution in [2.45, 2.75) is 88.6 Å². The van der Waals surface area contributed by atoms with E-state index in [1.54, 1.807) is 19.1 Å². The van der Waals surface area contributed by atoms with Crippen molar-refractivity contribution in [3.05, 3.63) is 56.7 Å². The van der Waals surface area contributed by atoms with Crippen LogP contribution in [0.2, 0.25) is 0 Å². The summed E-state index contributed by atoms with van der Waals surface area (Å²) >= 11 is 0. The summed E-state index contributed by atoms with van der Waals surface area (Å²) in [6, 6.07) is 7.84. The minimum absolute atomic E-state index is 0.00979. The number of hydrogen-bond donors (Lipinski definition) is 5. The minimum atomic E-state index is -1.60. The van der Waals surface area contributed by atoms with Crippen LogP contribution < -0.4 is 16.0 Å². The molecule has 5 aromatic rings. The average Bonchev–Trinajstić information content (AvgIpc) is 3.05. The molecule has 0 aliphatic carbocycles. The molecule has 0 amide bonds. The Kier molecular flexibility index (Phi) is 7.88. The molecule has 0 spiro atoms. The Morgan fingerprint density at radius 1 is 0.766 bits per heavy atom. The van der Waals surface area contributed by atoms with Crippen molar-refractivity contribution in [1.82, 2.24) is 0 Å². The topological polar surface area (TPSA) is 208 Å². The maximum Gasteiger partial charge on any atom is 0.348 e. The van der Waals surface area contributed by atoms with Gasteiger partial charge in [-0.15, -0.1) is 0 Å². The second kappa shape index (κ2) is 11.7. The van der Waals surface area contributed by atoms with Crippen LogP contribution in [0.1, 0.15) is 26.3 Å². The summed E-state index contributed by atoms with van der Waals surface area (Å²) in [6.07, 6.45) is -12.4. The number of phenolic OH excluding ortho intramolecular Hbond substituents is 1. The van der Waals surface area contributed by atoms with Crippen LogP contribution in [0.4, 0.5) is 0 Å². The molecule has 10 atom stereocenters. The van der Waals surface area contributed by atoms with Crippen molar-refractivity contribution < 1.29 is 58.1 Å². The van der Waals surface area contributed by atoms with Gasteiger partial charge in [0.25, 0.3) is 0 Å². The third-order valence-corrected chi connectivity index (χ3v) is 9.24. The number of methoxy groups -OCH3 is 1. The Morgan fingerprint density at radius 3 is 2.21 bits per heavy atom. The average molecular weight is 655 g/mol. The molecule has 5 N–H and O–H groups in total. The summed E-state index contributed by atoms with van der Waals surface area (Å²) in [7, 11) is 1.31. The van der Waals surface area contributed by atoms with Gasteiger partial charge in [-0.1, -0.05) is 19.1 Å². The third-order valence-electron chi connectivity index (χ3n) is 9.24. The van der Waals surface area contributed by atoms with Crippen LogP contribution in [0.15, 0.2) is 48.8 Å². The summed E-state index contributed by atoms with van der Waals surface area (Å²) in [5.74, 6) is -0.419.